The van der Waals surface area contributed by atoms with Crippen molar-refractivity contribution in [2.45, 2.75) is 32.0 Å². The highest BCUT2D eigenvalue weighted by atomic mass is 79.9. The van der Waals surface area contributed by atoms with E-state index in [0.29, 0.717) is 12.5 Å². The van der Waals surface area contributed by atoms with Crippen LogP contribution in [0.15, 0.2) is 18.2 Å². The van der Waals surface area contributed by atoms with Crippen molar-refractivity contribution in [1.82, 2.24) is 4.90 Å². The van der Waals surface area contributed by atoms with Crippen molar-refractivity contribution >= 4 is 22.0 Å². The van der Waals surface area contributed by atoms with Crippen LogP contribution in [0.4, 0.5) is 4.79 Å². The number of carbonyl (C=O) groups is 1. The van der Waals surface area contributed by atoms with Crippen molar-refractivity contribution in [1.29, 1.82) is 0 Å². The van der Waals surface area contributed by atoms with Crippen molar-refractivity contribution in [2.24, 2.45) is 5.92 Å². The molecule has 1 aliphatic heterocycles. The second-order valence-electron chi connectivity index (χ2n) is 5.69. The third-order valence-electron chi connectivity index (χ3n) is 3.53. The normalized spacial score (nSPS) is 14.9. The van der Waals surface area contributed by atoms with Gasteiger partial charge in [-0.05, 0) is 35.4 Å². The molecule has 0 unspecified atom stereocenters. The fourth-order valence-corrected chi connectivity index (χ4v) is 2.72. The van der Waals surface area contributed by atoms with Gasteiger partial charge in [0.15, 0.2) is 0 Å². The molecule has 0 N–H and O–H groups in total. The molecule has 1 aromatic carbocycles. The van der Waals surface area contributed by atoms with E-state index in [4.69, 9.17) is 4.74 Å². The standard InChI is InChI=1S/C16H22BrNO2/c1-12(2)11-20-16(19)18-7-5-14-4-3-13(10-17)9-15(14)6-8-18/h3-4,9,12H,5-8,10-11H2,1-2H3. The average molecular weight is 340 g/mol. The Balaban J connectivity index is 1.98. The monoisotopic (exact) mass is 339 g/mol. The molecule has 1 amide bonds. The average Bonchev–Trinajstić information content (AvgIpc) is 2.66. The Labute approximate surface area is 129 Å². The van der Waals surface area contributed by atoms with Gasteiger partial charge in [0.25, 0.3) is 0 Å². The summed E-state index contributed by atoms with van der Waals surface area (Å²) >= 11 is 3.49. The van der Waals surface area contributed by atoms with Gasteiger partial charge < -0.3 is 9.64 Å². The van der Waals surface area contributed by atoms with Gasteiger partial charge in [0.05, 0.1) is 6.61 Å². The first-order valence-corrected chi connectivity index (χ1v) is 8.30. The zero-order chi connectivity index (χ0) is 14.5. The lowest BCUT2D eigenvalue weighted by Gasteiger charge is -2.20. The Kier molecular flexibility index (Phi) is 5.46. The van der Waals surface area contributed by atoms with Crippen molar-refractivity contribution in [3.05, 3.63) is 34.9 Å². The van der Waals surface area contributed by atoms with Crippen molar-refractivity contribution in [2.75, 3.05) is 19.7 Å². The maximum absolute atomic E-state index is 12.0. The lowest BCUT2D eigenvalue weighted by atomic mass is 10.0. The Bertz CT molecular complexity index is 474. The van der Waals surface area contributed by atoms with Gasteiger partial charge in [0, 0.05) is 18.4 Å². The number of nitrogens with zero attached hydrogens (tertiary/aromatic N) is 1. The van der Waals surface area contributed by atoms with Gasteiger partial charge in [0.2, 0.25) is 0 Å². The molecule has 110 valence electrons. The first-order valence-electron chi connectivity index (χ1n) is 7.18. The van der Waals surface area contributed by atoms with Crippen molar-refractivity contribution in [3.63, 3.8) is 0 Å². The summed E-state index contributed by atoms with van der Waals surface area (Å²) in [6, 6.07) is 6.59. The molecule has 0 radical (unpaired) electrons. The Hall–Kier alpha value is -1.03. The molecule has 3 nitrogen and oxygen atoms in total. The highest BCUT2D eigenvalue weighted by Gasteiger charge is 2.19. The number of rotatable bonds is 3. The number of amides is 1. The summed E-state index contributed by atoms with van der Waals surface area (Å²) in [6.07, 6.45) is 1.65. The van der Waals surface area contributed by atoms with Crippen LogP contribution in [0.1, 0.15) is 30.5 Å². The van der Waals surface area contributed by atoms with Crippen LogP contribution in [-0.4, -0.2) is 30.7 Å². The SMILES string of the molecule is CC(C)COC(=O)N1CCc2ccc(CBr)cc2CC1. The quantitative estimate of drug-likeness (QED) is 0.784. The van der Waals surface area contributed by atoms with E-state index in [1.165, 1.54) is 16.7 Å². The van der Waals surface area contributed by atoms with Crippen LogP contribution in [0, 0.1) is 5.92 Å². The van der Waals surface area contributed by atoms with E-state index >= 15 is 0 Å². The zero-order valence-corrected chi connectivity index (χ0v) is 13.8. The third-order valence-corrected chi connectivity index (χ3v) is 4.17. The van der Waals surface area contributed by atoms with Crippen LogP contribution in [0.2, 0.25) is 0 Å². The smallest absolute Gasteiger partial charge is 0.409 e. The van der Waals surface area contributed by atoms with Crippen LogP contribution in [0.3, 0.4) is 0 Å². The Morgan fingerprint density at radius 3 is 2.65 bits per heavy atom. The van der Waals surface area contributed by atoms with Gasteiger partial charge in [0.1, 0.15) is 0 Å². The van der Waals surface area contributed by atoms with Gasteiger partial charge in [-0.3, -0.25) is 0 Å². The van der Waals surface area contributed by atoms with Crippen LogP contribution in [-0.2, 0) is 22.9 Å². The second kappa shape index (κ2) is 7.11. The first kappa shape index (κ1) is 15.4. The van der Waals surface area contributed by atoms with Gasteiger partial charge in [-0.15, -0.1) is 0 Å². The van der Waals surface area contributed by atoms with E-state index < -0.39 is 0 Å². The van der Waals surface area contributed by atoms with E-state index in [1.807, 2.05) is 18.7 Å². The van der Waals surface area contributed by atoms with Gasteiger partial charge in [-0.2, -0.15) is 0 Å². The topological polar surface area (TPSA) is 29.5 Å². The van der Waals surface area contributed by atoms with Crippen LogP contribution in [0.25, 0.3) is 0 Å². The van der Waals surface area contributed by atoms with E-state index in [0.717, 1.165) is 31.3 Å². The molecule has 1 aliphatic rings. The number of halogens is 1. The van der Waals surface area contributed by atoms with Gasteiger partial charge in [-0.25, -0.2) is 4.79 Å². The molecule has 0 fully saturated rings. The molecule has 0 saturated heterocycles. The molecular formula is C16H22BrNO2. The summed E-state index contributed by atoms with van der Waals surface area (Å²) in [5.74, 6) is 0.379. The molecule has 1 heterocycles. The van der Waals surface area contributed by atoms with Gasteiger partial charge in [-0.1, -0.05) is 48.0 Å². The molecule has 2 rings (SSSR count). The molecule has 20 heavy (non-hydrogen) atoms. The van der Waals surface area contributed by atoms with Crippen LogP contribution >= 0.6 is 15.9 Å². The summed E-state index contributed by atoms with van der Waals surface area (Å²) in [5, 5.41) is 0.875. The minimum absolute atomic E-state index is 0.174. The number of benzene rings is 1. The summed E-state index contributed by atoms with van der Waals surface area (Å²) < 4.78 is 5.32. The minimum atomic E-state index is -0.174. The molecule has 0 bridgehead atoms. The van der Waals surface area contributed by atoms with Crippen LogP contribution < -0.4 is 0 Å². The summed E-state index contributed by atoms with van der Waals surface area (Å²) in [4.78, 5) is 13.9. The molecule has 0 aromatic heterocycles. The van der Waals surface area contributed by atoms with E-state index in [2.05, 4.69) is 34.1 Å². The molecule has 1 aromatic rings. The molecule has 0 spiro atoms. The molecule has 4 heteroatoms. The fourth-order valence-electron chi connectivity index (χ4n) is 2.37. The lowest BCUT2D eigenvalue weighted by Crippen LogP contribution is -2.34. The molecule has 0 atom stereocenters. The summed E-state index contributed by atoms with van der Waals surface area (Å²) in [6.45, 7) is 6.09. The fraction of sp³-hybridized carbons (Fsp3) is 0.562. The Morgan fingerprint density at radius 1 is 1.30 bits per heavy atom. The largest absolute Gasteiger partial charge is 0.449 e. The number of hydrogen-bond acceptors (Lipinski definition) is 2. The predicted octanol–water partition coefficient (Wildman–Crippen LogP) is 3.77. The second-order valence-corrected chi connectivity index (χ2v) is 6.26. The maximum Gasteiger partial charge on any atom is 0.409 e. The minimum Gasteiger partial charge on any atom is -0.449 e. The summed E-state index contributed by atoms with van der Waals surface area (Å²) in [5.41, 5.74) is 4.01. The van der Waals surface area contributed by atoms with Crippen molar-refractivity contribution < 1.29 is 9.53 Å². The first-order chi connectivity index (χ1) is 9.60. The van der Waals surface area contributed by atoms with Crippen LogP contribution in [0.5, 0.6) is 0 Å². The molecule has 0 saturated carbocycles. The van der Waals surface area contributed by atoms with E-state index in [1.54, 1.807) is 0 Å². The van der Waals surface area contributed by atoms with Crippen molar-refractivity contribution in [3.8, 4) is 0 Å². The van der Waals surface area contributed by atoms with E-state index in [-0.39, 0.29) is 6.09 Å². The Morgan fingerprint density at radius 2 is 2.00 bits per heavy atom. The maximum atomic E-state index is 12.0. The molecular weight excluding hydrogens is 318 g/mol. The number of ether oxygens (including phenoxy) is 1. The number of carbonyl (C=O) groups excluding carboxylic acids is 1. The van der Waals surface area contributed by atoms with E-state index in [9.17, 15) is 4.79 Å². The summed E-state index contributed by atoms with van der Waals surface area (Å²) in [7, 11) is 0. The lowest BCUT2D eigenvalue weighted by molar-refractivity contribution is 0.0935. The highest BCUT2D eigenvalue weighted by molar-refractivity contribution is 9.08. The molecule has 0 aliphatic carbocycles. The predicted molar refractivity (Wildman–Crippen MR) is 84.2 cm³/mol. The number of hydrogen-bond donors (Lipinski definition) is 0. The zero-order valence-electron chi connectivity index (χ0n) is 12.2. The van der Waals surface area contributed by atoms with Gasteiger partial charge >= 0.3 is 6.09 Å². The number of fused-ring (bicyclic) bond motifs is 1. The number of alkyl halides is 1. The highest BCUT2D eigenvalue weighted by Crippen LogP contribution is 2.19. The third kappa shape index (κ3) is 3.98.